The van der Waals surface area contributed by atoms with Gasteiger partial charge in [-0.3, -0.25) is 20.2 Å². The van der Waals surface area contributed by atoms with Crippen molar-refractivity contribution in [2.45, 2.75) is 17.2 Å². The van der Waals surface area contributed by atoms with E-state index in [1.165, 1.54) is 12.1 Å². The molecule has 8 heteroatoms. The standard InChI is InChI=1S/C21H18N4O4/c26-24(27)19-20(16-10-4-1-5-11-16,17-12-6-2-7-13-17)22-23-21(19,25(28)29)18-14-8-3-9-15-18/h1-15,19,22-23H. The molecule has 0 radical (unpaired) electrons. The molecule has 3 aromatic rings. The summed E-state index contributed by atoms with van der Waals surface area (Å²) in [6.07, 6.45) is 0. The Hall–Kier alpha value is -3.62. The third-order valence-corrected chi connectivity index (χ3v) is 5.43. The van der Waals surface area contributed by atoms with E-state index in [2.05, 4.69) is 10.9 Å². The van der Waals surface area contributed by atoms with Gasteiger partial charge in [0.1, 0.15) is 0 Å². The highest BCUT2D eigenvalue weighted by Gasteiger charge is 2.75. The fourth-order valence-corrected chi connectivity index (χ4v) is 4.16. The van der Waals surface area contributed by atoms with Crippen LogP contribution < -0.4 is 10.9 Å². The molecule has 1 heterocycles. The average molecular weight is 390 g/mol. The average Bonchev–Trinajstić information content (AvgIpc) is 3.14. The van der Waals surface area contributed by atoms with Crippen molar-refractivity contribution >= 4 is 0 Å². The Morgan fingerprint density at radius 3 is 1.45 bits per heavy atom. The number of nitrogens with zero attached hydrogens (tertiary/aromatic N) is 2. The zero-order valence-corrected chi connectivity index (χ0v) is 15.3. The fraction of sp³-hybridized carbons (Fsp3) is 0.143. The molecule has 1 aliphatic heterocycles. The maximum absolute atomic E-state index is 12.5. The Morgan fingerprint density at radius 1 is 0.655 bits per heavy atom. The van der Waals surface area contributed by atoms with E-state index in [4.69, 9.17) is 0 Å². The van der Waals surface area contributed by atoms with Crippen LogP contribution in [-0.2, 0) is 11.2 Å². The first-order valence-electron chi connectivity index (χ1n) is 9.02. The van der Waals surface area contributed by atoms with Crippen LogP contribution in [0.15, 0.2) is 91.0 Å². The molecule has 29 heavy (non-hydrogen) atoms. The summed E-state index contributed by atoms with van der Waals surface area (Å²) in [5, 5.41) is 24.9. The summed E-state index contributed by atoms with van der Waals surface area (Å²) in [5.41, 5.74) is 3.37. The largest absolute Gasteiger partial charge is 0.381 e. The normalized spacial score (nSPS) is 22.8. The summed E-state index contributed by atoms with van der Waals surface area (Å²) in [4.78, 5) is 23.7. The summed E-state index contributed by atoms with van der Waals surface area (Å²) in [5.74, 6) is 0. The molecule has 0 spiro atoms. The van der Waals surface area contributed by atoms with Gasteiger partial charge in [0, 0.05) is 4.92 Å². The van der Waals surface area contributed by atoms with Gasteiger partial charge in [-0.2, -0.15) is 5.43 Å². The van der Waals surface area contributed by atoms with Crippen LogP contribution in [0.4, 0.5) is 0 Å². The van der Waals surface area contributed by atoms with Gasteiger partial charge in [-0.1, -0.05) is 78.9 Å². The van der Waals surface area contributed by atoms with E-state index in [-0.39, 0.29) is 5.56 Å². The lowest BCUT2D eigenvalue weighted by molar-refractivity contribution is -0.664. The molecule has 0 saturated carbocycles. The van der Waals surface area contributed by atoms with Crippen molar-refractivity contribution in [2.24, 2.45) is 0 Å². The minimum Gasteiger partial charge on any atom is -0.264 e. The molecule has 8 nitrogen and oxygen atoms in total. The van der Waals surface area contributed by atoms with Gasteiger partial charge in [-0.05, 0) is 23.3 Å². The first kappa shape index (κ1) is 18.7. The van der Waals surface area contributed by atoms with Gasteiger partial charge < -0.3 is 0 Å². The summed E-state index contributed by atoms with van der Waals surface area (Å²) >= 11 is 0. The van der Waals surface area contributed by atoms with Gasteiger partial charge in [-0.15, -0.1) is 0 Å². The van der Waals surface area contributed by atoms with Crippen molar-refractivity contribution in [3.63, 3.8) is 0 Å². The molecule has 2 unspecified atom stereocenters. The molecule has 3 aromatic carbocycles. The molecule has 0 amide bonds. The molecule has 4 rings (SSSR count). The third kappa shape index (κ3) is 2.69. The van der Waals surface area contributed by atoms with Gasteiger partial charge in [-0.25, -0.2) is 5.43 Å². The number of rotatable bonds is 5. The molecule has 1 fully saturated rings. The summed E-state index contributed by atoms with van der Waals surface area (Å²) in [6.45, 7) is 0. The maximum Gasteiger partial charge on any atom is 0.381 e. The third-order valence-electron chi connectivity index (χ3n) is 5.43. The van der Waals surface area contributed by atoms with Crippen LogP contribution in [0.5, 0.6) is 0 Å². The predicted octanol–water partition coefficient (Wildman–Crippen LogP) is 2.81. The second-order valence-corrected chi connectivity index (χ2v) is 6.87. The summed E-state index contributed by atoms with van der Waals surface area (Å²) < 4.78 is 0. The second-order valence-electron chi connectivity index (χ2n) is 6.87. The van der Waals surface area contributed by atoms with Crippen molar-refractivity contribution in [3.05, 3.63) is 128 Å². The van der Waals surface area contributed by atoms with Gasteiger partial charge in [0.25, 0.3) is 0 Å². The van der Waals surface area contributed by atoms with Crippen LogP contribution in [0, 0.1) is 20.2 Å². The minimum atomic E-state index is -2.17. The van der Waals surface area contributed by atoms with Crippen LogP contribution in [-0.4, -0.2) is 15.9 Å². The molecule has 146 valence electrons. The first-order chi connectivity index (χ1) is 14.0. The van der Waals surface area contributed by atoms with E-state index < -0.39 is 27.1 Å². The SMILES string of the molecule is O=[N+]([O-])C1C(c2ccccc2)(c2ccccc2)NNC1(c1ccccc1)[N+](=O)[O-]. The van der Waals surface area contributed by atoms with E-state index in [0.29, 0.717) is 11.1 Å². The topological polar surface area (TPSA) is 110 Å². The smallest absolute Gasteiger partial charge is 0.264 e. The molecule has 0 bridgehead atoms. The van der Waals surface area contributed by atoms with Crippen LogP contribution in [0.3, 0.4) is 0 Å². The second kappa shape index (κ2) is 7.08. The highest BCUT2D eigenvalue weighted by molar-refractivity contribution is 5.44. The molecule has 0 aliphatic carbocycles. The highest BCUT2D eigenvalue weighted by Crippen LogP contribution is 2.46. The number of hydrogen-bond acceptors (Lipinski definition) is 6. The van der Waals surface area contributed by atoms with Crippen molar-refractivity contribution in [1.29, 1.82) is 0 Å². The van der Waals surface area contributed by atoms with Crippen LogP contribution >= 0.6 is 0 Å². The zero-order valence-electron chi connectivity index (χ0n) is 15.3. The Bertz CT molecular complexity index is 991. The lowest BCUT2D eigenvalue weighted by Gasteiger charge is -2.32. The van der Waals surface area contributed by atoms with Crippen molar-refractivity contribution in [2.75, 3.05) is 0 Å². The van der Waals surface area contributed by atoms with Crippen LogP contribution in [0.25, 0.3) is 0 Å². The molecular formula is C21H18N4O4. The first-order valence-corrected chi connectivity index (χ1v) is 9.02. The van der Waals surface area contributed by atoms with Crippen molar-refractivity contribution < 1.29 is 9.85 Å². The lowest BCUT2D eigenvalue weighted by atomic mass is 9.73. The van der Waals surface area contributed by atoms with Gasteiger partial charge in [0.15, 0.2) is 5.54 Å². The Balaban J connectivity index is 2.05. The van der Waals surface area contributed by atoms with Crippen LogP contribution in [0.2, 0.25) is 0 Å². The molecular weight excluding hydrogens is 372 g/mol. The molecule has 2 N–H and O–H groups in total. The zero-order chi connectivity index (χ0) is 20.5. The number of nitrogens with one attached hydrogen (secondary N) is 2. The molecule has 2 atom stereocenters. The Kier molecular flexibility index (Phi) is 4.57. The van der Waals surface area contributed by atoms with E-state index in [1.54, 1.807) is 78.9 Å². The number of hydrazine groups is 1. The summed E-state index contributed by atoms with van der Waals surface area (Å²) in [7, 11) is 0. The van der Waals surface area contributed by atoms with Crippen molar-refractivity contribution in [1.82, 2.24) is 10.9 Å². The Labute approximate surface area is 166 Å². The van der Waals surface area contributed by atoms with E-state index in [0.717, 1.165) is 0 Å². The predicted molar refractivity (Wildman–Crippen MR) is 106 cm³/mol. The summed E-state index contributed by atoms with van der Waals surface area (Å²) in [6, 6.07) is 23.9. The van der Waals surface area contributed by atoms with E-state index in [1.807, 2.05) is 0 Å². The van der Waals surface area contributed by atoms with Gasteiger partial charge in [0.05, 0.1) is 10.5 Å². The number of hydrogen-bond donors (Lipinski definition) is 2. The van der Waals surface area contributed by atoms with Gasteiger partial charge >= 0.3 is 11.7 Å². The highest BCUT2D eigenvalue weighted by atomic mass is 16.7. The van der Waals surface area contributed by atoms with Crippen molar-refractivity contribution in [3.8, 4) is 0 Å². The van der Waals surface area contributed by atoms with Gasteiger partial charge in [0.2, 0.25) is 0 Å². The molecule has 1 aliphatic rings. The number of nitro groups is 2. The molecule has 1 saturated heterocycles. The Morgan fingerprint density at radius 2 is 1.07 bits per heavy atom. The fourth-order valence-electron chi connectivity index (χ4n) is 4.16. The maximum atomic E-state index is 12.5. The quantitative estimate of drug-likeness (QED) is 0.512. The lowest BCUT2D eigenvalue weighted by Crippen LogP contribution is -2.58. The molecule has 0 aromatic heterocycles. The van der Waals surface area contributed by atoms with E-state index >= 15 is 0 Å². The minimum absolute atomic E-state index is 0.202. The van der Waals surface area contributed by atoms with E-state index in [9.17, 15) is 20.2 Å². The number of benzene rings is 3. The van der Waals surface area contributed by atoms with Crippen LogP contribution in [0.1, 0.15) is 16.7 Å². The monoisotopic (exact) mass is 390 g/mol.